The SMILES string of the molecule is CCN(CC(=O)Nc1c(Cl)cccc1Cl)C(=O)c1ccccc1SCc1cccs1. The molecule has 0 bridgehead atoms. The van der Waals surface area contributed by atoms with E-state index in [-0.39, 0.29) is 18.4 Å². The van der Waals surface area contributed by atoms with Crippen LogP contribution >= 0.6 is 46.3 Å². The molecule has 30 heavy (non-hydrogen) atoms. The second-order valence-corrected chi connectivity index (χ2v) is 9.19. The van der Waals surface area contributed by atoms with Crippen molar-refractivity contribution in [3.05, 3.63) is 80.5 Å². The number of nitrogens with zero attached hydrogens (tertiary/aromatic N) is 1. The fourth-order valence-corrected chi connectivity index (χ4v) is 5.09. The fraction of sp³-hybridized carbons (Fsp3) is 0.182. The first-order chi connectivity index (χ1) is 14.5. The molecule has 1 heterocycles. The van der Waals surface area contributed by atoms with Gasteiger partial charge in [-0.3, -0.25) is 9.59 Å². The minimum absolute atomic E-state index is 0.0964. The highest BCUT2D eigenvalue weighted by molar-refractivity contribution is 7.98. The molecule has 0 saturated carbocycles. The van der Waals surface area contributed by atoms with E-state index in [9.17, 15) is 9.59 Å². The van der Waals surface area contributed by atoms with Crippen molar-refractivity contribution in [3.63, 3.8) is 0 Å². The van der Waals surface area contributed by atoms with Crippen LogP contribution in [0.1, 0.15) is 22.2 Å². The van der Waals surface area contributed by atoms with Gasteiger partial charge in [-0.2, -0.15) is 0 Å². The Morgan fingerprint density at radius 3 is 2.43 bits per heavy atom. The van der Waals surface area contributed by atoms with Crippen LogP contribution in [0.15, 0.2) is 64.9 Å². The van der Waals surface area contributed by atoms with E-state index in [1.807, 2.05) is 36.6 Å². The van der Waals surface area contributed by atoms with Crippen molar-refractivity contribution >= 4 is 63.8 Å². The molecule has 0 saturated heterocycles. The number of thioether (sulfide) groups is 1. The number of amides is 2. The molecular weight excluding hydrogens is 459 g/mol. The van der Waals surface area contributed by atoms with Gasteiger partial charge in [0.2, 0.25) is 5.91 Å². The van der Waals surface area contributed by atoms with Gasteiger partial charge < -0.3 is 10.2 Å². The van der Waals surface area contributed by atoms with Gasteiger partial charge in [-0.05, 0) is 42.6 Å². The molecule has 0 spiro atoms. The van der Waals surface area contributed by atoms with Gasteiger partial charge in [-0.25, -0.2) is 0 Å². The number of carbonyl (C=O) groups excluding carboxylic acids is 2. The number of anilines is 1. The van der Waals surface area contributed by atoms with E-state index in [1.54, 1.807) is 47.4 Å². The van der Waals surface area contributed by atoms with Gasteiger partial charge in [0.1, 0.15) is 6.54 Å². The molecule has 0 aliphatic carbocycles. The molecular formula is C22H20Cl2N2O2S2. The Hall–Kier alpha value is -1.99. The van der Waals surface area contributed by atoms with Crippen molar-refractivity contribution in [3.8, 4) is 0 Å². The van der Waals surface area contributed by atoms with Crippen molar-refractivity contribution in [2.45, 2.75) is 17.6 Å². The number of carbonyl (C=O) groups is 2. The monoisotopic (exact) mass is 478 g/mol. The topological polar surface area (TPSA) is 49.4 Å². The van der Waals surface area contributed by atoms with Crippen LogP contribution in [0.2, 0.25) is 10.0 Å². The lowest BCUT2D eigenvalue weighted by Gasteiger charge is -2.22. The molecule has 156 valence electrons. The molecule has 0 fully saturated rings. The molecule has 1 N–H and O–H groups in total. The molecule has 0 unspecified atom stereocenters. The van der Waals surface area contributed by atoms with Gasteiger partial charge in [0, 0.05) is 22.1 Å². The number of hydrogen-bond donors (Lipinski definition) is 1. The Morgan fingerprint density at radius 2 is 1.77 bits per heavy atom. The Kier molecular flexibility index (Phi) is 8.22. The van der Waals surface area contributed by atoms with Crippen LogP contribution in [0.3, 0.4) is 0 Å². The highest BCUT2D eigenvalue weighted by Crippen LogP contribution is 2.30. The van der Waals surface area contributed by atoms with E-state index in [1.165, 1.54) is 9.78 Å². The van der Waals surface area contributed by atoms with Gasteiger partial charge in [-0.15, -0.1) is 23.1 Å². The normalized spacial score (nSPS) is 10.6. The second kappa shape index (κ2) is 10.9. The van der Waals surface area contributed by atoms with Crippen LogP contribution in [0.25, 0.3) is 0 Å². The number of halogens is 2. The van der Waals surface area contributed by atoms with Crippen LogP contribution in [-0.4, -0.2) is 29.8 Å². The summed E-state index contributed by atoms with van der Waals surface area (Å²) in [6, 6.07) is 16.6. The smallest absolute Gasteiger partial charge is 0.255 e. The first-order valence-corrected chi connectivity index (χ1v) is 11.9. The predicted molar refractivity (Wildman–Crippen MR) is 127 cm³/mol. The van der Waals surface area contributed by atoms with Crippen LogP contribution in [0.5, 0.6) is 0 Å². The highest BCUT2D eigenvalue weighted by Gasteiger charge is 2.21. The molecule has 2 amide bonds. The molecule has 4 nitrogen and oxygen atoms in total. The zero-order chi connectivity index (χ0) is 21.5. The molecule has 0 radical (unpaired) electrons. The third-order valence-electron chi connectivity index (χ3n) is 4.30. The lowest BCUT2D eigenvalue weighted by molar-refractivity contribution is -0.116. The summed E-state index contributed by atoms with van der Waals surface area (Å²) in [5.74, 6) is 0.246. The molecule has 0 aliphatic heterocycles. The molecule has 3 aromatic rings. The molecule has 1 aromatic heterocycles. The van der Waals surface area contributed by atoms with E-state index in [2.05, 4.69) is 11.4 Å². The summed E-state index contributed by atoms with van der Waals surface area (Å²) in [6.45, 7) is 2.14. The molecule has 3 rings (SSSR count). The summed E-state index contributed by atoms with van der Waals surface area (Å²) in [4.78, 5) is 29.4. The minimum atomic E-state index is -0.357. The van der Waals surface area contributed by atoms with Crippen LogP contribution in [0, 0.1) is 0 Å². The Morgan fingerprint density at radius 1 is 1.03 bits per heavy atom. The number of nitrogens with one attached hydrogen (secondary N) is 1. The molecule has 8 heteroatoms. The molecule has 2 aromatic carbocycles. The van der Waals surface area contributed by atoms with Crippen LogP contribution in [-0.2, 0) is 10.5 Å². The van der Waals surface area contributed by atoms with Gasteiger partial charge in [0.05, 0.1) is 21.3 Å². The van der Waals surface area contributed by atoms with E-state index >= 15 is 0 Å². The lowest BCUT2D eigenvalue weighted by atomic mass is 10.2. The largest absolute Gasteiger partial charge is 0.330 e. The lowest BCUT2D eigenvalue weighted by Crippen LogP contribution is -2.38. The maximum atomic E-state index is 13.2. The van der Waals surface area contributed by atoms with Crippen molar-refractivity contribution < 1.29 is 9.59 Å². The number of hydrogen-bond acceptors (Lipinski definition) is 4. The maximum absolute atomic E-state index is 13.2. The van der Waals surface area contributed by atoms with E-state index in [4.69, 9.17) is 23.2 Å². The van der Waals surface area contributed by atoms with E-state index in [0.29, 0.717) is 27.8 Å². The van der Waals surface area contributed by atoms with Crippen LogP contribution < -0.4 is 5.32 Å². The number of benzene rings is 2. The quantitative estimate of drug-likeness (QED) is 0.378. The minimum Gasteiger partial charge on any atom is -0.330 e. The summed E-state index contributed by atoms with van der Waals surface area (Å²) >= 11 is 15.5. The van der Waals surface area contributed by atoms with Gasteiger partial charge in [0.25, 0.3) is 5.91 Å². The first kappa shape index (κ1) is 22.7. The van der Waals surface area contributed by atoms with Crippen molar-refractivity contribution in [2.24, 2.45) is 0 Å². The maximum Gasteiger partial charge on any atom is 0.255 e. The van der Waals surface area contributed by atoms with Crippen LogP contribution in [0.4, 0.5) is 5.69 Å². The standard InChI is InChI=1S/C22H20Cl2N2O2S2/c1-2-26(13-20(27)25-21-17(23)9-5-10-18(21)24)22(28)16-8-3-4-11-19(16)30-14-15-7-6-12-29-15/h3-12H,2,13-14H2,1H3,(H,25,27). The van der Waals surface area contributed by atoms with E-state index in [0.717, 1.165) is 10.6 Å². The average molecular weight is 479 g/mol. The summed E-state index contributed by atoms with van der Waals surface area (Å²) < 4.78 is 0. The Balaban J connectivity index is 1.70. The predicted octanol–water partition coefficient (Wildman–Crippen LogP) is 6.45. The highest BCUT2D eigenvalue weighted by atomic mass is 35.5. The number of rotatable bonds is 8. The van der Waals surface area contributed by atoms with Gasteiger partial charge in [0.15, 0.2) is 0 Å². The summed E-state index contributed by atoms with van der Waals surface area (Å²) in [7, 11) is 0. The zero-order valence-corrected chi connectivity index (χ0v) is 19.4. The Bertz CT molecular complexity index is 1010. The zero-order valence-electron chi connectivity index (χ0n) is 16.2. The average Bonchev–Trinajstić information content (AvgIpc) is 3.27. The van der Waals surface area contributed by atoms with E-state index < -0.39 is 0 Å². The first-order valence-electron chi connectivity index (χ1n) is 9.27. The Labute approximate surface area is 194 Å². The second-order valence-electron chi connectivity index (χ2n) is 6.33. The number of thiophene rings is 1. The molecule has 0 aliphatic rings. The van der Waals surface area contributed by atoms with Crippen molar-refractivity contribution in [1.82, 2.24) is 4.90 Å². The summed E-state index contributed by atoms with van der Waals surface area (Å²) in [5.41, 5.74) is 0.936. The van der Waals surface area contributed by atoms with Crippen molar-refractivity contribution in [2.75, 3.05) is 18.4 Å². The summed E-state index contributed by atoms with van der Waals surface area (Å²) in [5, 5.41) is 5.44. The third-order valence-corrected chi connectivity index (χ3v) is 7.11. The number of para-hydroxylation sites is 1. The summed E-state index contributed by atoms with van der Waals surface area (Å²) in [6.07, 6.45) is 0. The van der Waals surface area contributed by atoms with Gasteiger partial charge >= 0.3 is 0 Å². The van der Waals surface area contributed by atoms with Crippen molar-refractivity contribution in [1.29, 1.82) is 0 Å². The molecule has 0 atom stereocenters. The van der Waals surface area contributed by atoms with Gasteiger partial charge in [-0.1, -0.05) is 47.5 Å². The fourth-order valence-electron chi connectivity index (χ4n) is 2.78. The third kappa shape index (κ3) is 5.79. The number of likely N-dealkylation sites (N-methyl/N-ethyl adjacent to an activating group) is 1.